The summed E-state index contributed by atoms with van der Waals surface area (Å²) in [6.07, 6.45) is 1.85. The first kappa shape index (κ1) is 10.4. The van der Waals surface area contributed by atoms with Gasteiger partial charge >= 0.3 is 0 Å². The molecule has 1 unspecified atom stereocenters. The summed E-state index contributed by atoms with van der Waals surface area (Å²) in [5.74, 6) is 0. The Morgan fingerprint density at radius 1 is 1.53 bits per heavy atom. The van der Waals surface area contributed by atoms with Crippen molar-refractivity contribution in [3.63, 3.8) is 0 Å². The molecule has 80 valence electrons. The molecule has 0 saturated heterocycles. The number of rotatable bonds is 3. The topological polar surface area (TPSA) is 42.1 Å². The van der Waals surface area contributed by atoms with Gasteiger partial charge in [-0.3, -0.25) is 0 Å². The van der Waals surface area contributed by atoms with E-state index in [1.54, 1.807) is 11.3 Å². The minimum Gasteiger partial charge on any atom is -0.372 e. The Morgan fingerprint density at radius 2 is 2.33 bits per heavy atom. The van der Waals surface area contributed by atoms with Crippen molar-refractivity contribution in [3.05, 3.63) is 23.7 Å². The first-order chi connectivity index (χ1) is 7.18. The van der Waals surface area contributed by atoms with Crippen LogP contribution in [-0.2, 0) is 0 Å². The van der Waals surface area contributed by atoms with Crippen LogP contribution in [0.2, 0.25) is 0 Å². The number of aromatic nitrogens is 1. The molecule has 2 aromatic heterocycles. The number of likely N-dealkylation sites (N-methyl/N-ethyl adjacent to an activating group) is 1. The van der Waals surface area contributed by atoms with E-state index < -0.39 is 0 Å². The maximum Gasteiger partial charge on any atom is 0.125 e. The van der Waals surface area contributed by atoms with Gasteiger partial charge < -0.3 is 10.6 Å². The van der Waals surface area contributed by atoms with E-state index in [2.05, 4.69) is 28.4 Å². The molecule has 0 aliphatic carbocycles. The third-order valence-corrected chi connectivity index (χ3v) is 3.14. The lowest BCUT2D eigenvalue weighted by Crippen LogP contribution is -2.32. The fraction of sp³-hybridized carbons (Fsp3) is 0.364. The van der Waals surface area contributed by atoms with Gasteiger partial charge in [0.05, 0.1) is 0 Å². The van der Waals surface area contributed by atoms with Gasteiger partial charge in [-0.25, -0.2) is 4.98 Å². The maximum absolute atomic E-state index is 5.80. The van der Waals surface area contributed by atoms with Crippen molar-refractivity contribution >= 4 is 27.2 Å². The van der Waals surface area contributed by atoms with Crippen LogP contribution in [0.3, 0.4) is 0 Å². The van der Waals surface area contributed by atoms with Crippen molar-refractivity contribution in [2.75, 3.05) is 18.5 Å². The molecular formula is C11H15N3S. The molecule has 0 spiro atoms. The predicted octanol–water partition coefficient (Wildman–Crippen LogP) is 2.08. The van der Waals surface area contributed by atoms with Crippen LogP contribution in [0.4, 0.5) is 5.69 Å². The second-order valence-corrected chi connectivity index (χ2v) is 4.72. The van der Waals surface area contributed by atoms with E-state index in [0.717, 1.165) is 11.4 Å². The third kappa shape index (κ3) is 2.11. The van der Waals surface area contributed by atoms with Gasteiger partial charge in [-0.05, 0) is 24.4 Å². The van der Waals surface area contributed by atoms with Gasteiger partial charge in [-0.15, -0.1) is 11.3 Å². The Labute approximate surface area is 93.5 Å². The number of thiophene rings is 1. The zero-order valence-corrected chi connectivity index (χ0v) is 9.79. The minimum atomic E-state index is 0.178. The quantitative estimate of drug-likeness (QED) is 0.863. The summed E-state index contributed by atoms with van der Waals surface area (Å²) in [5.41, 5.74) is 7.00. The lowest BCUT2D eigenvalue weighted by atomic mass is 10.2. The molecule has 4 heteroatoms. The Morgan fingerprint density at radius 3 is 3.07 bits per heavy atom. The van der Waals surface area contributed by atoms with Crippen LogP contribution in [0.15, 0.2) is 23.7 Å². The van der Waals surface area contributed by atoms with Crippen LogP contribution in [-0.4, -0.2) is 24.6 Å². The van der Waals surface area contributed by atoms with Gasteiger partial charge in [0.15, 0.2) is 0 Å². The molecule has 2 aromatic rings. The van der Waals surface area contributed by atoms with E-state index in [1.165, 1.54) is 11.1 Å². The summed E-state index contributed by atoms with van der Waals surface area (Å²) in [4.78, 5) is 7.59. The number of fused-ring (bicyclic) bond motifs is 1. The predicted molar refractivity (Wildman–Crippen MR) is 66.5 cm³/mol. The number of hydrogen-bond acceptors (Lipinski definition) is 4. The Bertz CT molecular complexity index is 450. The number of nitrogens with two attached hydrogens (primary N) is 1. The number of pyridine rings is 1. The molecule has 2 rings (SSSR count). The average molecular weight is 221 g/mol. The van der Waals surface area contributed by atoms with E-state index >= 15 is 0 Å². The van der Waals surface area contributed by atoms with Gasteiger partial charge in [0.1, 0.15) is 4.83 Å². The summed E-state index contributed by atoms with van der Waals surface area (Å²) in [6, 6.07) is 4.33. The van der Waals surface area contributed by atoms with Gasteiger partial charge in [-0.1, -0.05) is 0 Å². The van der Waals surface area contributed by atoms with E-state index in [-0.39, 0.29) is 6.04 Å². The van der Waals surface area contributed by atoms with E-state index in [0.29, 0.717) is 0 Å². The molecular weight excluding hydrogens is 206 g/mol. The highest BCUT2D eigenvalue weighted by Gasteiger charge is 2.08. The van der Waals surface area contributed by atoms with Gasteiger partial charge in [-0.2, -0.15) is 0 Å². The number of anilines is 1. The first-order valence-electron chi connectivity index (χ1n) is 4.97. The van der Waals surface area contributed by atoms with Crippen LogP contribution in [0, 0.1) is 0 Å². The summed E-state index contributed by atoms with van der Waals surface area (Å²) >= 11 is 1.67. The van der Waals surface area contributed by atoms with Crippen molar-refractivity contribution in [1.82, 2.24) is 4.98 Å². The van der Waals surface area contributed by atoms with E-state index in [1.807, 2.05) is 19.2 Å². The standard InChI is InChI=1S/C11H15N3S/c1-8(12)7-14(2)10-3-5-13-11-9(10)4-6-15-11/h3-6,8H,7,12H2,1-2H3. The molecule has 3 nitrogen and oxygen atoms in total. The highest BCUT2D eigenvalue weighted by atomic mass is 32.1. The highest BCUT2D eigenvalue weighted by Crippen LogP contribution is 2.27. The van der Waals surface area contributed by atoms with E-state index in [9.17, 15) is 0 Å². The Balaban J connectivity index is 2.38. The molecule has 0 aromatic carbocycles. The van der Waals surface area contributed by atoms with Crippen LogP contribution in [0.25, 0.3) is 10.2 Å². The summed E-state index contributed by atoms with van der Waals surface area (Å²) in [7, 11) is 2.07. The SMILES string of the molecule is CC(N)CN(C)c1ccnc2sccc12. The molecule has 0 fully saturated rings. The molecule has 0 aliphatic heterocycles. The molecule has 0 saturated carbocycles. The van der Waals surface area contributed by atoms with Gasteiger partial charge in [0, 0.05) is 36.9 Å². The normalized spacial score (nSPS) is 13.0. The lowest BCUT2D eigenvalue weighted by molar-refractivity contribution is 0.719. The highest BCUT2D eigenvalue weighted by molar-refractivity contribution is 7.16. The summed E-state index contributed by atoms with van der Waals surface area (Å²) in [5, 5.41) is 3.28. The molecule has 0 bridgehead atoms. The molecule has 1 atom stereocenters. The lowest BCUT2D eigenvalue weighted by Gasteiger charge is -2.21. The van der Waals surface area contributed by atoms with Crippen molar-refractivity contribution in [2.45, 2.75) is 13.0 Å². The van der Waals surface area contributed by atoms with Crippen molar-refractivity contribution < 1.29 is 0 Å². The average Bonchev–Trinajstić information content (AvgIpc) is 2.63. The summed E-state index contributed by atoms with van der Waals surface area (Å²) < 4.78 is 0. The van der Waals surface area contributed by atoms with Gasteiger partial charge in [0.25, 0.3) is 0 Å². The second kappa shape index (κ2) is 4.16. The van der Waals surface area contributed by atoms with Gasteiger partial charge in [0.2, 0.25) is 0 Å². The monoisotopic (exact) mass is 221 g/mol. The summed E-state index contributed by atoms with van der Waals surface area (Å²) in [6.45, 7) is 2.87. The zero-order valence-electron chi connectivity index (χ0n) is 8.97. The second-order valence-electron chi connectivity index (χ2n) is 3.83. The number of hydrogen-bond donors (Lipinski definition) is 1. The third-order valence-electron chi connectivity index (χ3n) is 2.32. The molecule has 15 heavy (non-hydrogen) atoms. The van der Waals surface area contributed by atoms with Crippen LogP contribution in [0.1, 0.15) is 6.92 Å². The molecule has 0 radical (unpaired) electrons. The van der Waals surface area contributed by atoms with E-state index in [4.69, 9.17) is 5.73 Å². The smallest absolute Gasteiger partial charge is 0.125 e. The van der Waals surface area contributed by atoms with Crippen molar-refractivity contribution in [3.8, 4) is 0 Å². The fourth-order valence-corrected chi connectivity index (χ4v) is 2.48. The Kier molecular flexibility index (Phi) is 2.88. The zero-order chi connectivity index (χ0) is 10.8. The van der Waals surface area contributed by atoms with Crippen molar-refractivity contribution in [1.29, 1.82) is 0 Å². The number of nitrogens with zero attached hydrogens (tertiary/aromatic N) is 2. The molecule has 2 N–H and O–H groups in total. The van der Waals surface area contributed by atoms with Crippen LogP contribution < -0.4 is 10.6 Å². The first-order valence-corrected chi connectivity index (χ1v) is 5.85. The fourth-order valence-electron chi connectivity index (χ4n) is 1.72. The Hall–Kier alpha value is -1.13. The largest absolute Gasteiger partial charge is 0.372 e. The molecule has 2 heterocycles. The maximum atomic E-state index is 5.80. The van der Waals surface area contributed by atoms with Crippen molar-refractivity contribution in [2.24, 2.45) is 5.73 Å². The van der Waals surface area contributed by atoms with Crippen LogP contribution >= 0.6 is 11.3 Å². The van der Waals surface area contributed by atoms with Crippen LogP contribution in [0.5, 0.6) is 0 Å². The minimum absolute atomic E-state index is 0.178. The molecule has 0 aliphatic rings. The molecule has 0 amide bonds.